The van der Waals surface area contributed by atoms with Crippen LogP contribution in [0, 0.1) is 5.82 Å². The molecule has 5 heteroatoms. The van der Waals surface area contributed by atoms with Crippen LogP contribution < -0.4 is 15.8 Å². The molecular weight excluding hydrogens is 199 g/mol. The minimum Gasteiger partial charge on any atom is -0.476 e. The van der Waals surface area contributed by atoms with Gasteiger partial charge in [-0.15, -0.1) is 0 Å². The average molecular weight is 212 g/mol. The first-order valence-electron chi connectivity index (χ1n) is 4.48. The van der Waals surface area contributed by atoms with E-state index in [0.717, 1.165) is 0 Å². The fourth-order valence-electron chi connectivity index (χ4n) is 1.08. The Kier molecular flexibility index (Phi) is 3.49. The molecular formula is C10H13FN2O2. The van der Waals surface area contributed by atoms with Crippen molar-refractivity contribution in [3.8, 4) is 5.75 Å². The van der Waals surface area contributed by atoms with Crippen LogP contribution in [0.25, 0.3) is 0 Å². The molecule has 1 aromatic carbocycles. The molecule has 0 aliphatic carbocycles. The van der Waals surface area contributed by atoms with Crippen molar-refractivity contribution in [1.82, 2.24) is 5.32 Å². The Morgan fingerprint density at radius 2 is 2.27 bits per heavy atom. The van der Waals surface area contributed by atoms with Crippen LogP contribution in [-0.4, -0.2) is 19.1 Å². The second-order valence-corrected chi connectivity index (χ2v) is 3.03. The van der Waals surface area contributed by atoms with Crippen LogP contribution in [0.15, 0.2) is 18.2 Å². The van der Waals surface area contributed by atoms with Crippen LogP contribution in [0.5, 0.6) is 5.75 Å². The molecule has 4 nitrogen and oxygen atoms in total. The highest BCUT2D eigenvalue weighted by atomic mass is 19.1. The predicted octanol–water partition coefficient (Wildman–Crippen LogP) is 0.921. The number of hydrogen-bond acceptors (Lipinski definition) is 3. The van der Waals surface area contributed by atoms with Gasteiger partial charge in [0.2, 0.25) is 0 Å². The molecule has 0 aliphatic rings. The summed E-state index contributed by atoms with van der Waals surface area (Å²) in [6.07, 6.45) is -0.783. The summed E-state index contributed by atoms with van der Waals surface area (Å²) in [5.74, 6) is -1.00. The molecule has 1 atom stereocenters. The number of carbonyl (C=O) groups excluding carboxylic acids is 1. The first kappa shape index (κ1) is 11.3. The van der Waals surface area contributed by atoms with Gasteiger partial charge in [-0.3, -0.25) is 4.79 Å². The molecule has 1 rings (SSSR count). The molecule has 0 saturated heterocycles. The third-order valence-corrected chi connectivity index (χ3v) is 1.91. The maximum absolute atomic E-state index is 13.2. The number of ether oxygens (including phenoxy) is 1. The monoisotopic (exact) mass is 212 g/mol. The molecule has 3 N–H and O–H groups in total. The highest BCUT2D eigenvalue weighted by Gasteiger charge is 2.16. The zero-order chi connectivity index (χ0) is 11.4. The summed E-state index contributed by atoms with van der Waals surface area (Å²) < 4.78 is 18.4. The number of para-hydroxylation sites is 1. The third-order valence-electron chi connectivity index (χ3n) is 1.91. The van der Waals surface area contributed by atoms with E-state index in [1.807, 2.05) is 0 Å². The van der Waals surface area contributed by atoms with Crippen molar-refractivity contribution >= 4 is 11.6 Å². The number of carbonyl (C=O) groups is 1. The van der Waals surface area contributed by atoms with E-state index in [9.17, 15) is 9.18 Å². The highest BCUT2D eigenvalue weighted by molar-refractivity contribution is 5.80. The van der Waals surface area contributed by atoms with Crippen LogP contribution in [0.3, 0.4) is 0 Å². The summed E-state index contributed by atoms with van der Waals surface area (Å²) in [5, 5.41) is 2.40. The number of nitrogens with two attached hydrogens (primary N) is 1. The first-order valence-corrected chi connectivity index (χ1v) is 4.48. The van der Waals surface area contributed by atoms with Gasteiger partial charge in [-0.1, -0.05) is 6.07 Å². The fourth-order valence-corrected chi connectivity index (χ4v) is 1.08. The number of nitrogens with one attached hydrogen (secondary N) is 1. The van der Waals surface area contributed by atoms with Gasteiger partial charge in [-0.25, -0.2) is 4.39 Å². The van der Waals surface area contributed by atoms with Gasteiger partial charge in [0.05, 0.1) is 5.69 Å². The van der Waals surface area contributed by atoms with E-state index >= 15 is 0 Å². The van der Waals surface area contributed by atoms with Gasteiger partial charge in [0.1, 0.15) is 0 Å². The molecule has 0 aromatic heterocycles. The van der Waals surface area contributed by atoms with E-state index in [1.165, 1.54) is 32.2 Å². The molecule has 0 bridgehead atoms. The van der Waals surface area contributed by atoms with Crippen LogP contribution in [0.2, 0.25) is 0 Å². The number of amides is 1. The van der Waals surface area contributed by atoms with Crippen molar-refractivity contribution < 1.29 is 13.9 Å². The van der Waals surface area contributed by atoms with Crippen molar-refractivity contribution in [3.63, 3.8) is 0 Å². The zero-order valence-corrected chi connectivity index (χ0v) is 8.58. The van der Waals surface area contributed by atoms with Crippen LogP contribution >= 0.6 is 0 Å². The normalized spacial score (nSPS) is 11.9. The molecule has 0 saturated carbocycles. The van der Waals surface area contributed by atoms with Gasteiger partial charge in [0.25, 0.3) is 5.91 Å². The Morgan fingerprint density at radius 3 is 2.80 bits per heavy atom. The Bertz CT molecular complexity index is 348. The largest absolute Gasteiger partial charge is 0.476 e. The lowest BCUT2D eigenvalue weighted by atomic mass is 10.3. The van der Waals surface area contributed by atoms with E-state index in [1.54, 1.807) is 0 Å². The van der Waals surface area contributed by atoms with E-state index in [4.69, 9.17) is 10.5 Å². The molecule has 1 aromatic rings. The maximum Gasteiger partial charge on any atom is 0.260 e. The Morgan fingerprint density at radius 1 is 1.60 bits per heavy atom. The van der Waals surface area contributed by atoms with Crippen LogP contribution in [0.4, 0.5) is 10.1 Å². The lowest BCUT2D eigenvalue weighted by molar-refractivity contribution is -0.126. The maximum atomic E-state index is 13.2. The van der Waals surface area contributed by atoms with E-state index in [-0.39, 0.29) is 17.3 Å². The van der Waals surface area contributed by atoms with Gasteiger partial charge in [0, 0.05) is 7.05 Å². The molecule has 0 fully saturated rings. The summed E-state index contributed by atoms with van der Waals surface area (Å²) in [7, 11) is 1.48. The molecule has 1 amide bonds. The van der Waals surface area contributed by atoms with E-state index in [2.05, 4.69) is 5.32 Å². The molecule has 82 valence electrons. The number of likely N-dealkylation sites (N-methyl/N-ethyl adjacent to an activating group) is 1. The van der Waals surface area contributed by atoms with E-state index in [0.29, 0.717) is 0 Å². The molecule has 1 unspecified atom stereocenters. The molecule has 15 heavy (non-hydrogen) atoms. The van der Waals surface area contributed by atoms with Gasteiger partial charge in [0.15, 0.2) is 17.7 Å². The molecule has 0 spiro atoms. The molecule has 0 aliphatic heterocycles. The number of nitrogen functional groups attached to an aromatic ring is 1. The first-order chi connectivity index (χ1) is 7.06. The minimum atomic E-state index is -0.783. The number of anilines is 1. The number of benzene rings is 1. The van der Waals surface area contributed by atoms with Crippen LogP contribution in [0.1, 0.15) is 6.92 Å². The van der Waals surface area contributed by atoms with Gasteiger partial charge in [-0.2, -0.15) is 0 Å². The predicted molar refractivity (Wildman–Crippen MR) is 55.0 cm³/mol. The van der Waals surface area contributed by atoms with Gasteiger partial charge < -0.3 is 15.8 Å². The Labute approximate surface area is 87.2 Å². The summed E-state index contributed by atoms with van der Waals surface area (Å²) in [6, 6.07) is 4.21. The second-order valence-electron chi connectivity index (χ2n) is 3.03. The lowest BCUT2D eigenvalue weighted by Crippen LogP contribution is -2.34. The fraction of sp³-hybridized carbons (Fsp3) is 0.300. The van der Waals surface area contributed by atoms with Gasteiger partial charge >= 0.3 is 0 Å². The molecule has 0 radical (unpaired) electrons. The summed E-state index contributed by atoms with van der Waals surface area (Å²) in [6.45, 7) is 1.52. The number of hydrogen-bond donors (Lipinski definition) is 2. The topological polar surface area (TPSA) is 64.3 Å². The second kappa shape index (κ2) is 4.63. The van der Waals surface area contributed by atoms with Crippen molar-refractivity contribution in [3.05, 3.63) is 24.0 Å². The third kappa shape index (κ3) is 2.59. The Balaban J connectivity index is 2.85. The molecule has 0 heterocycles. The number of rotatable bonds is 3. The zero-order valence-electron chi connectivity index (χ0n) is 8.58. The van der Waals surface area contributed by atoms with E-state index < -0.39 is 11.9 Å². The summed E-state index contributed by atoms with van der Waals surface area (Å²) in [4.78, 5) is 11.1. The standard InChI is InChI=1S/C10H13FN2O2/c1-6(10(14)13-2)15-9-7(11)4-3-5-8(9)12/h3-6H,12H2,1-2H3,(H,13,14). The SMILES string of the molecule is CNC(=O)C(C)Oc1c(N)cccc1F. The van der Waals surface area contributed by atoms with Gasteiger partial charge in [-0.05, 0) is 19.1 Å². The quantitative estimate of drug-likeness (QED) is 0.732. The van der Waals surface area contributed by atoms with Crippen molar-refractivity contribution in [2.75, 3.05) is 12.8 Å². The Hall–Kier alpha value is -1.78. The van der Waals surface area contributed by atoms with Crippen molar-refractivity contribution in [2.24, 2.45) is 0 Å². The summed E-state index contributed by atoms with van der Waals surface area (Å²) in [5.41, 5.74) is 5.69. The number of halogens is 1. The van der Waals surface area contributed by atoms with Crippen LogP contribution in [-0.2, 0) is 4.79 Å². The summed E-state index contributed by atoms with van der Waals surface area (Å²) >= 11 is 0. The van der Waals surface area contributed by atoms with Crippen molar-refractivity contribution in [2.45, 2.75) is 13.0 Å². The van der Waals surface area contributed by atoms with Crippen molar-refractivity contribution in [1.29, 1.82) is 0 Å². The minimum absolute atomic E-state index is 0.0893. The lowest BCUT2D eigenvalue weighted by Gasteiger charge is -2.14. The average Bonchev–Trinajstić information content (AvgIpc) is 2.22. The smallest absolute Gasteiger partial charge is 0.260 e. The highest BCUT2D eigenvalue weighted by Crippen LogP contribution is 2.25.